The Balaban J connectivity index is 1.58. The molecule has 2 aromatic heterocycles. The molecule has 7 nitrogen and oxygen atoms in total. The molecule has 0 aliphatic heterocycles. The fraction of sp³-hybridized carbons (Fsp3) is 0.250. The minimum absolute atomic E-state index is 0.278. The quantitative estimate of drug-likeness (QED) is 0.619. The van der Waals surface area contributed by atoms with Crippen molar-refractivity contribution in [3.05, 3.63) is 82.1 Å². The molecule has 0 saturated carbocycles. The number of nitrogens with zero attached hydrogens (tertiary/aromatic N) is 2. The molecule has 0 saturated heterocycles. The van der Waals surface area contributed by atoms with Crippen LogP contribution in [0, 0.1) is 20.8 Å². The Morgan fingerprint density at radius 2 is 1.81 bits per heavy atom. The maximum absolute atomic E-state index is 12.9. The maximum atomic E-state index is 12.9. The van der Waals surface area contributed by atoms with Crippen LogP contribution in [0.2, 0.25) is 0 Å². The number of hydrogen-bond donors (Lipinski definition) is 2. The van der Waals surface area contributed by atoms with E-state index in [2.05, 4.69) is 20.8 Å². The van der Waals surface area contributed by atoms with E-state index in [4.69, 9.17) is 4.42 Å². The molecule has 2 amide bonds. The third-order valence-electron chi connectivity index (χ3n) is 5.40. The molecule has 0 fully saturated rings. The van der Waals surface area contributed by atoms with E-state index in [1.807, 2.05) is 39.0 Å². The zero-order chi connectivity index (χ0) is 22.0. The number of benzene rings is 1. The number of anilines is 1. The lowest BCUT2D eigenvalue weighted by Crippen LogP contribution is -2.22. The average Bonchev–Trinajstić information content (AvgIpc) is 3.12. The standard InChI is InChI=1S/C24H24N4O3/c1-14-7-8-18(15(2)13-14)26-24(30)22-16(3)21-19(5-4-6-20(21)31-22)27-28-23(29)17-9-11-25-12-10-17/h7-13H,4-6H2,1-3H3,(H,26,30)(H,28,29)/b27-19+. The van der Waals surface area contributed by atoms with Crippen LogP contribution in [0.5, 0.6) is 0 Å². The molecule has 4 rings (SSSR count). The summed E-state index contributed by atoms with van der Waals surface area (Å²) in [6.07, 6.45) is 5.37. The number of carbonyl (C=O) groups is 2. The van der Waals surface area contributed by atoms with Gasteiger partial charge in [-0.15, -0.1) is 0 Å². The van der Waals surface area contributed by atoms with Crippen LogP contribution in [0.1, 0.15) is 61.8 Å². The molecule has 0 unspecified atom stereocenters. The van der Waals surface area contributed by atoms with Gasteiger partial charge in [-0.25, -0.2) is 5.43 Å². The van der Waals surface area contributed by atoms with Crippen LogP contribution in [-0.4, -0.2) is 22.5 Å². The lowest BCUT2D eigenvalue weighted by atomic mass is 9.93. The summed E-state index contributed by atoms with van der Waals surface area (Å²) in [5.41, 5.74) is 8.22. The van der Waals surface area contributed by atoms with E-state index in [0.717, 1.165) is 52.3 Å². The zero-order valence-electron chi connectivity index (χ0n) is 17.8. The Hall–Kier alpha value is -3.74. The van der Waals surface area contributed by atoms with Crippen LogP contribution in [0.3, 0.4) is 0 Å². The van der Waals surface area contributed by atoms with Crippen molar-refractivity contribution in [2.75, 3.05) is 5.32 Å². The van der Waals surface area contributed by atoms with Gasteiger partial charge in [-0.2, -0.15) is 5.10 Å². The van der Waals surface area contributed by atoms with E-state index in [-0.39, 0.29) is 17.6 Å². The molecule has 2 heterocycles. The van der Waals surface area contributed by atoms with Crippen molar-refractivity contribution < 1.29 is 14.0 Å². The summed E-state index contributed by atoms with van der Waals surface area (Å²) in [6.45, 7) is 5.82. The summed E-state index contributed by atoms with van der Waals surface area (Å²) >= 11 is 0. The van der Waals surface area contributed by atoms with E-state index < -0.39 is 0 Å². The first-order valence-corrected chi connectivity index (χ1v) is 10.2. The number of aryl methyl sites for hydroxylation is 3. The van der Waals surface area contributed by atoms with Gasteiger partial charge in [0.05, 0.1) is 5.71 Å². The Morgan fingerprint density at radius 3 is 2.55 bits per heavy atom. The predicted octanol–water partition coefficient (Wildman–Crippen LogP) is 4.32. The van der Waals surface area contributed by atoms with Crippen LogP contribution in [-0.2, 0) is 6.42 Å². The molecule has 2 N–H and O–H groups in total. The van der Waals surface area contributed by atoms with Gasteiger partial charge in [-0.3, -0.25) is 14.6 Å². The van der Waals surface area contributed by atoms with E-state index in [1.54, 1.807) is 24.5 Å². The average molecular weight is 416 g/mol. The summed E-state index contributed by atoms with van der Waals surface area (Å²) in [5.74, 6) is 0.404. The van der Waals surface area contributed by atoms with Crippen LogP contribution in [0.4, 0.5) is 5.69 Å². The highest BCUT2D eigenvalue weighted by Crippen LogP contribution is 2.30. The molecular weight excluding hydrogens is 392 g/mol. The highest BCUT2D eigenvalue weighted by atomic mass is 16.4. The summed E-state index contributed by atoms with van der Waals surface area (Å²) in [7, 11) is 0. The Labute approximate surface area is 180 Å². The van der Waals surface area contributed by atoms with Crippen LogP contribution >= 0.6 is 0 Å². The first-order chi connectivity index (χ1) is 14.9. The highest BCUT2D eigenvalue weighted by molar-refractivity contribution is 6.09. The van der Waals surface area contributed by atoms with Gasteiger partial charge in [0.1, 0.15) is 5.76 Å². The van der Waals surface area contributed by atoms with Gasteiger partial charge in [0.25, 0.3) is 11.8 Å². The van der Waals surface area contributed by atoms with Gasteiger partial charge in [0.2, 0.25) is 0 Å². The van der Waals surface area contributed by atoms with Crippen molar-refractivity contribution in [1.82, 2.24) is 10.4 Å². The summed E-state index contributed by atoms with van der Waals surface area (Å²) in [4.78, 5) is 29.2. The fourth-order valence-electron chi connectivity index (χ4n) is 3.82. The SMILES string of the molecule is Cc1ccc(NC(=O)c2oc3c(c2C)/C(=N/NC(=O)c2ccncc2)CCC3)c(C)c1. The maximum Gasteiger partial charge on any atom is 0.291 e. The number of fused-ring (bicyclic) bond motifs is 1. The van der Waals surface area contributed by atoms with Crippen LogP contribution in [0.25, 0.3) is 0 Å². The normalized spacial score (nSPS) is 14.2. The topological polar surface area (TPSA) is 96.6 Å². The molecule has 7 heteroatoms. The third-order valence-corrected chi connectivity index (χ3v) is 5.40. The largest absolute Gasteiger partial charge is 0.455 e. The minimum Gasteiger partial charge on any atom is -0.455 e. The van der Waals surface area contributed by atoms with Crippen molar-refractivity contribution in [2.45, 2.75) is 40.0 Å². The molecule has 31 heavy (non-hydrogen) atoms. The number of rotatable bonds is 4. The third kappa shape index (κ3) is 4.26. The van der Waals surface area contributed by atoms with E-state index in [0.29, 0.717) is 12.0 Å². The monoisotopic (exact) mass is 416 g/mol. The van der Waals surface area contributed by atoms with Crippen molar-refractivity contribution >= 4 is 23.2 Å². The van der Waals surface area contributed by atoms with E-state index in [9.17, 15) is 9.59 Å². The molecule has 0 atom stereocenters. The molecule has 3 aromatic rings. The molecule has 0 radical (unpaired) electrons. The molecule has 1 aliphatic rings. The Morgan fingerprint density at radius 1 is 1.03 bits per heavy atom. The second-order valence-electron chi connectivity index (χ2n) is 7.72. The lowest BCUT2D eigenvalue weighted by molar-refractivity contribution is 0.0953. The molecule has 1 aromatic carbocycles. The molecule has 158 valence electrons. The van der Waals surface area contributed by atoms with Gasteiger partial charge in [-0.1, -0.05) is 17.7 Å². The van der Waals surface area contributed by atoms with Gasteiger partial charge >= 0.3 is 0 Å². The number of aromatic nitrogens is 1. The first-order valence-electron chi connectivity index (χ1n) is 10.2. The van der Waals surface area contributed by atoms with Gasteiger partial charge in [0, 0.05) is 41.2 Å². The van der Waals surface area contributed by atoms with Crippen molar-refractivity contribution in [1.29, 1.82) is 0 Å². The number of pyridine rings is 1. The van der Waals surface area contributed by atoms with Crippen molar-refractivity contribution in [3.8, 4) is 0 Å². The number of hydrogen-bond acceptors (Lipinski definition) is 5. The van der Waals surface area contributed by atoms with E-state index >= 15 is 0 Å². The molecule has 0 spiro atoms. The summed E-state index contributed by atoms with van der Waals surface area (Å²) < 4.78 is 5.94. The van der Waals surface area contributed by atoms with Crippen molar-refractivity contribution in [2.24, 2.45) is 5.10 Å². The van der Waals surface area contributed by atoms with Crippen molar-refractivity contribution in [3.63, 3.8) is 0 Å². The molecular formula is C24H24N4O3. The minimum atomic E-state index is -0.309. The van der Waals surface area contributed by atoms with Gasteiger partial charge in [-0.05, 0) is 57.4 Å². The molecule has 1 aliphatic carbocycles. The number of hydrazone groups is 1. The fourth-order valence-corrected chi connectivity index (χ4v) is 3.82. The number of furan rings is 1. The highest BCUT2D eigenvalue weighted by Gasteiger charge is 2.28. The lowest BCUT2D eigenvalue weighted by Gasteiger charge is -2.13. The number of amides is 2. The predicted molar refractivity (Wildman–Crippen MR) is 118 cm³/mol. The smallest absolute Gasteiger partial charge is 0.291 e. The number of carbonyl (C=O) groups excluding carboxylic acids is 2. The van der Waals surface area contributed by atoms with E-state index in [1.165, 1.54) is 0 Å². The zero-order valence-corrected chi connectivity index (χ0v) is 17.8. The van der Waals surface area contributed by atoms with Crippen LogP contribution < -0.4 is 10.7 Å². The second kappa shape index (κ2) is 8.55. The number of nitrogens with one attached hydrogen (secondary N) is 2. The van der Waals surface area contributed by atoms with Crippen LogP contribution in [0.15, 0.2) is 52.2 Å². The van der Waals surface area contributed by atoms with Gasteiger partial charge < -0.3 is 9.73 Å². The second-order valence-corrected chi connectivity index (χ2v) is 7.72. The molecule has 0 bridgehead atoms. The Bertz CT molecular complexity index is 1180. The first kappa shape index (κ1) is 20.5. The van der Waals surface area contributed by atoms with Gasteiger partial charge in [0.15, 0.2) is 5.76 Å². The Kier molecular flexibility index (Phi) is 5.66. The summed E-state index contributed by atoms with van der Waals surface area (Å²) in [5, 5.41) is 7.29. The summed E-state index contributed by atoms with van der Waals surface area (Å²) in [6, 6.07) is 9.12.